The summed E-state index contributed by atoms with van der Waals surface area (Å²) in [7, 11) is -4.09. The number of rotatable bonds is 10. The van der Waals surface area contributed by atoms with Gasteiger partial charge in [0.05, 0.1) is 0 Å². The topological polar surface area (TPSA) is 71.1 Å². The molecule has 1 aromatic rings. The van der Waals surface area contributed by atoms with E-state index >= 15 is 0 Å². The molecular weight excluding hydrogens is 391 g/mol. The van der Waals surface area contributed by atoms with Crippen molar-refractivity contribution in [1.82, 2.24) is 0 Å². The largest absolute Gasteiger partial charge is 0.353 e. The fraction of sp³-hybridized carbons (Fsp3) is 0.700. The predicted octanol–water partition coefficient (Wildman–Crippen LogP) is 4.40. The van der Waals surface area contributed by atoms with Gasteiger partial charge in [-0.05, 0) is 44.1 Å². The van der Waals surface area contributed by atoms with Crippen LogP contribution in [0.15, 0.2) is 24.3 Å². The normalized spacial score (nSPS) is 14.9. The summed E-state index contributed by atoms with van der Waals surface area (Å²) in [5.74, 6) is 0.375. The third-order valence-electron chi connectivity index (χ3n) is 4.00. The first-order valence-electron chi connectivity index (χ1n) is 9.25. The van der Waals surface area contributed by atoms with Gasteiger partial charge >= 0.3 is 10.1 Å². The van der Waals surface area contributed by atoms with Gasteiger partial charge in [0.15, 0.2) is 17.5 Å². The minimum Gasteiger partial charge on any atom is -0.353 e. The number of benzene rings is 1. The Kier molecular flexibility index (Phi) is 11.2. The fourth-order valence-corrected chi connectivity index (χ4v) is 3.84. The Bertz CT molecular complexity index is 697. The van der Waals surface area contributed by atoms with Gasteiger partial charge in [0.25, 0.3) is 0 Å². The molecule has 2 unspecified atom stereocenters. The predicted molar refractivity (Wildman–Crippen MR) is 112 cm³/mol. The molecule has 0 aliphatic heterocycles. The van der Waals surface area contributed by atoms with E-state index in [4.69, 9.17) is 18.7 Å². The summed E-state index contributed by atoms with van der Waals surface area (Å²) in [5, 5.41) is 0. The van der Waals surface area contributed by atoms with Crippen LogP contribution in [0.25, 0.3) is 0 Å². The molecule has 8 heteroatoms. The Morgan fingerprint density at radius 1 is 1.04 bits per heavy atom. The van der Waals surface area contributed by atoms with E-state index in [-0.39, 0.29) is 40.4 Å². The third-order valence-corrected chi connectivity index (χ3v) is 5.18. The molecular formula is C20H34NaO6S. The summed E-state index contributed by atoms with van der Waals surface area (Å²) in [6.07, 6.45) is 0.222. The maximum absolute atomic E-state index is 12.3. The average molecular weight is 426 g/mol. The molecule has 0 aromatic heterocycles. The molecule has 1 radical (unpaired) electrons. The maximum Gasteiger partial charge on any atom is 0.329 e. The molecule has 0 aliphatic rings. The number of ether oxygens (including phenoxy) is 2. The zero-order chi connectivity index (χ0) is 20.9. The van der Waals surface area contributed by atoms with Crippen LogP contribution in [0, 0.1) is 5.41 Å². The molecule has 0 aliphatic carbocycles. The number of para-hydroxylation sites is 1. The zero-order valence-electron chi connectivity index (χ0n) is 18.7. The van der Waals surface area contributed by atoms with Crippen LogP contribution < -0.4 is 4.89 Å². The zero-order valence-corrected chi connectivity index (χ0v) is 21.6. The molecule has 0 N–H and O–H groups in total. The molecule has 6 nitrogen and oxygen atoms in total. The Hall–Kier alpha value is -0.150. The van der Waals surface area contributed by atoms with Crippen molar-refractivity contribution in [3.05, 3.63) is 29.8 Å². The van der Waals surface area contributed by atoms with Gasteiger partial charge in [-0.25, -0.2) is 0 Å². The first kappa shape index (κ1) is 27.8. The summed E-state index contributed by atoms with van der Waals surface area (Å²) in [6, 6.07) is 7.30. The summed E-state index contributed by atoms with van der Waals surface area (Å²) < 4.78 is 39.9. The number of hydrogen-bond acceptors (Lipinski definition) is 6. The summed E-state index contributed by atoms with van der Waals surface area (Å²) in [4.78, 5) is 5.26. The van der Waals surface area contributed by atoms with Gasteiger partial charge in [0.1, 0.15) is 0 Å². The van der Waals surface area contributed by atoms with Crippen LogP contribution >= 0.6 is 0 Å². The van der Waals surface area contributed by atoms with Gasteiger partial charge in [-0.1, -0.05) is 57.2 Å². The molecule has 1 rings (SSSR count). The minimum absolute atomic E-state index is 0. The van der Waals surface area contributed by atoms with Gasteiger partial charge in [-0.2, -0.15) is 8.42 Å². The standard InChI is InChI=1S/C20H34O6S.Na/c1-9-23-15(2)24-16(3)27(21,22)26-25-18-13-11-10-12-17(18)20(7,8)14-19(4,5)6;/h10-13,15-16H,9,14H2,1-8H3;. The van der Waals surface area contributed by atoms with Gasteiger partial charge in [0, 0.05) is 41.7 Å². The van der Waals surface area contributed by atoms with Crippen molar-refractivity contribution in [2.45, 2.75) is 79.0 Å². The van der Waals surface area contributed by atoms with E-state index in [1.807, 2.05) is 12.1 Å². The second kappa shape index (κ2) is 11.3. The second-order valence-electron chi connectivity index (χ2n) is 8.49. The Labute approximate surface area is 192 Å². The van der Waals surface area contributed by atoms with Crippen molar-refractivity contribution < 1.29 is 27.1 Å². The smallest absolute Gasteiger partial charge is 0.329 e. The van der Waals surface area contributed by atoms with E-state index < -0.39 is 21.8 Å². The Morgan fingerprint density at radius 2 is 1.61 bits per heavy atom. The van der Waals surface area contributed by atoms with Gasteiger partial charge < -0.3 is 14.4 Å². The van der Waals surface area contributed by atoms with Gasteiger partial charge in [-0.3, -0.25) is 0 Å². The van der Waals surface area contributed by atoms with Crippen molar-refractivity contribution in [3.63, 3.8) is 0 Å². The summed E-state index contributed by atoms with van der Waals surface area (Å²) in [5.41, 5.74) is -0.477. The van der Waals surface area contributed by atoms with Crippen LogP contribution in [0.3, 0.4) is 0 Å². The van der Waals surface area contributed by atoms with E-state index in [0.717, 1.165) is 12.0 Å². The maximum atomic E-state index is 12.3. The van der Waals surface area contributed by atoms with E-state index in [0.29, 0.717) is 12.4 Å². The fourth-order valence-electron chi connectivity index (χ4n) is 3.27. The molecule has 2 atom stereocenters. The quantitative estimate of drug-likeness (QED) is 0.239. The van der Waals surface area contributed by atoms with Gasteiger partial charge in [0.2, 0.25) is 0 Å². The molecule has 0 saturated carbocycles. The van der Waals surface area contributed by atoms with E-state index in [2.05, 4.69) is 34.6 Å². The molecule has 0 amide bonds. The molecule has 0 fully saturated rings. The van der Waals surface area contributed by atoms with Crippen molar-refractivity contribution in [1.29, 1.82) is 0 Å². The van der Waals surface area contributed by atoms with Crippen molar-refractivity contribution in [2.24, 2.45) is 5.41 Å². The van der Waals surface area contributed by atoms with E-state index in [1.165, 1.54) is 6.92 Å². The van der Waals surface area contributed by atoms with Crippen LogP contribution in [0.2, 0.25) is 0 Å². The van der Waals surface area contributed by atoms with E-state index in [9.17, 15) is 8.42 Å². The molecule has 0 saturated heterocycles. The summed E-state index contributed by atoms with van der Waals surface area (Å²) in [6.45, 7) is 15.9. The van der Waals surface area contributed by atoms with Crippen LogP contribution in [0.5, 0.6) is 5.75 Å². The summed E-state index contributed by atoms with van der Waals surface area (Å²) >= 11 is 0. The molecule has 0 heterocycles. The Morgan fingerprint density at radius 3 is 2.14 bits per heavy atom. The van der Waals surface area contributed by atoms with Crippen molar-refractivity contribution in [3.8, 4) is 5.75 Å². The number of hydrogen-bond donors (Lipinski definition) is 0. The molecule has 157 valence electrons. The van der Waals surface area contributed by atoms with Crippen molar-refractivity contribution >= 4 is 39.7 Å². The van der Waals surface area contributed by atoms with Crippen LogP contribution in [-0.2, 0) is 29.3 Å². The third kappa shape index (κ3) is 9.11. The molecule has 0 spiro atoms. The average Bonchev–Trinajstić information content (AvgIpc) is 2.51. The minimum atomic E-state index is -4.09. The first-order valence-corrected chi connectivity index (χ1v) is 10.7. The SMILES string of the molecule is CCOC(C)OC(C)S(=O)(=O)OOc1ccccc1C(C)(C)CC(C)(C)C.[Na]. The van der Waals surface area contributed by atoms with Crippen LogP contribution in [0.4, 0.5) is 0 Å². The van der Waals surface area contributed by atoms with E-state index in [1.54, 1.807) is 26.0 Å². The molecule has 1 aromatic carbocycles. The first-order chi connectivity index (χ1) is 12.3. The van der Waals surface area contributed by atoms with Crippen LogP contribution in [-0.4, -0.2) is 56.3 Å². The monoisotopic (exact) mass is 425 g/mol. The molecule has 28 heavy (non-hydrogen) atoms. The van der Waals surface area contributed by atoms with Crippen molar-refractivity contribution in [2.75, 3.05) is 6.61 Å². The van der Waals surface area contributed by atoms with Gasteiger partial charge in [-0.15, -0.1) is 0 Å². The molecule has 0 bridgehead atoms. The Balaban J connectivity index is 0.00000729. The second-order valence-corrected chi connectivity index (χ2v) is 10.3. The van der Waals surface area contributed by atoms with Crippen LogP contribution in [0.1, 0.15) is 67.4 Å².